The summed E-state index contributed by atoms with van der Waals surface area (Å²) in [6, 6.07) is 4.27. The Labute approximate surface area is 95.1 Å². The Kier molecular flexibility index (Phi) is 2.64. The molecule has 0 aliphatic heterocycles. The molecule has 1 aliphatic rings. The fourth-order valence-electron chi connectivity index (χ4n) is 2.18. The Morgan fingerprint density at radius 1 is 1.12 bits per heavy atom. The van der Waals surface area contributed by atoms with Crippen LogP contribution in [0, 0.1) is 13.8 Å². The van der Waals surface area contributed by atoms with E-state index in [-0.39, 0.29) is 5.96 Å². The fraction of sp³-hybridized carbons (Fsp3) is 0.333. The molecular formula is C12H16N4. The van der Waals surface area contributed by atoms with Gasteiger partial charge in [-0.1, -0.05) is 12.1 Å². The summed E-state index contributed by atoms with van der Waals surface area (Å²) in [5.74, 6) is 0.00579. The van der Waals surface area contributed by atoms with E-state index in [9.17, 15) is 0 Å². The highest BCUT2D eigenvalue weighted by molar-refractivity contribution is 6.06. The molecule has 84 valence electrons. The molecular weight excluding hydrogens is 200 g/mol. The van der Waals surface area contributed by atoms with E-state index >= 15 is 0 Å². The van der Waals surface area contributed by atoms with Crippen molar-refractivity contribution < 1.29 is 0 Å². The second kappa shape index (κ2) is 3.96. The molecule has 0 saturated heterocycles. The minimum Gasteiger partial charge on any atom is -0.369 e. The summed E-state index contributed by atoms with van der Waals surface area (Å²) in [5, 5.41) is 7.86. The van der Waals surface area contributed by atoms with Crippen molar-refractivity contribution in [3.63, 3.8) is 0 Å². The van der Waals surface area contributed by atoms with Crippen LogP contribution in [-0.4, -0.2) is 11.7 Å². The molecule has 0 amide bonds. The van der Waals surface area contributed by atoms with Crippen molar-refractivity contribution in [1.82, 2.24) is 0 Å². The lowest BCUT2D eigenvalue weighted by atomic mass is 9.99. The van der Waals surface area contributed by atoms with Crippen LogP contribution in [0.4, 0.5) is 0 Å². The summed E-state index contributed by atoms with van der Waals surface area (Å²) in [6.07, 6.45) is 1.94. The number of guanidine groups is 1. The molecule has 0 atom stereocenters. The molecule has 0 fully saturated rings. The monoisotopic (exact) mass is 216 g/mol. The number of nitrogens with zero attached hydrogens (tertiary/aromatic N) is 2. The Morgan fingerprint density at radius 3 is 2.50 bits per heavy atom. The van der Waals surface area contributed by atoms with Gasteiger partial charge in [-0.2, -0.15) is 5.10 Å². The molecule has 0 heterocycles. The zero-order chi connectivity index (χ0) is 11.7. The minimum atomic E-state index is 0.00579. The molecule has 16 heavy (non-hydrogen) atoms. The maximum atomic E-state index is 5.28. The Balaban J connectivity index is 2.51. The molecule has 4 N–H and O–H groups in total. The summed E-state index contributed by atoms with van der Waals surface area (Å²) in [4.78, 5) is 0. The molecule has 0 saturated carbocycles. The number of hydrogen-bond donors (Lipinski definition) is 2. The average Bonchev–Trinajstić information content (AvgIpc) is 2.65. The molecule has 0 aromatic heterocycles. The first-order valence-electron chi connectivity index (χ1n) is 5.34. The lowest BCUT2D eigenvalue weighted by Crippen LogP contribution is -2.22. The van der Waals surface area contributed by atoms with Crippen LogP contribution in [-0.2, 0) is 6.42 Å². The molecule has 4 nitrogen and oxygen atoms in total. The molecule has 1 aromatic carbocycles. The van der Waals surface area contributed by atoms with E-state index in [0.717, 1.165) is 18.6 Å². The second-order valence-electron chi connectivity index (χ2n) is 4.12. The number of hydrogen-bond acceptors (Lipinski definition) is 2. The van der Waals surface area contributed by atoms with Crippen LogP contribution in [0.15, 0.2) is 22.3 Å². The highest BCUT2D eigenvalue weighted by atomic mass is 15.3. The van der Waals surface area contributed by atoms with Crippen LogP contribution in [0.25, 0.3) is 0 Å². The number of nitrogens with two attached hydrogens (primary N) is 2. The first kappa shape index (κ1) is 10.7. The number of benzene rings is 1. The molecule has 1 aliphatic carbocycles. The fourth-order valence-corrected chi connectivity index (χ4v) is 2.18. The predicted molar refractivity (Wildman–Crippen MR) is 66.6 cm³/mol. The summed E-state index contributed by atoms with van der Waals surface area (Å²) in [7, 11) is 0. The molecule has 0 spiro atoms. The van der Waals surface area contributed by atoms with Crippen molar-refractivity contribution in [2.45, 2.75) is 26.7 Å². The van der Waals surface area contributed by atoms with E-state index in [1.165, 1.54) is 22.3 Å². The molecule has 0 radical (unpaired) electrons. The van der Waals surface area contributed by atoms with Crippen molar-refractivity contribution in [2.24, 2.45) is 21.7 Å². The quantitative estimate of drug-likeness (QED) is 0.421. The third-order valence-corrected chi connectivity index (χ3v) is 2.94. The van der Waals surface area contributed by atoms with E-state index in [4.69, 9.17) is 11.5 Å². The van der Waals surface area contributed by atoms with Crippen LogP contribution in [0.2, 0.25) is 0 Å². The van der Waals surface area contributed by atoms with Crippen molar-refractivity contribution in [1.29, 1.82) is 0 Å². The molecule has 1 aromatic rings. The van der Waals surface area contributed by atoms with Gasteiger partial charge in [-0.3, -0.25) is 0 Å². The van der Waals surface area contributed by atoms with Gasteiger partial charge >= 0.3 is 0 Å². The zero-order valence-electron chi connectivity index (χ0n) is 9.62. The standard InChI is InChI=1S/C12H16N4/c1-7-3-4-8(2)11-9(7)5-6-10(11)15-16-12(13)14/h3-4H,5-6H2,1-2H3,(H4,13,14,16). The van der Waals surface area contributed by atoms with Crippen LogP contribution in [0.1, 0.15) is 28.7 Å². The maximum absolute atomic E-state index is 5.28. The summed E-state index contributed by atoms with van der Waals surface area (Å²) in [5.41, 5.74) is 16.7. The average molecular weight is 216 g/mol. The van der Waals surface area contributed by atoms with Crippen molar-refractivity contribution >= 4 is 11.7 Å². The Hall–Kier alpha value is -1.84. The lowest BCUT2D eigenvalue weighted by molar-refractivity contribution is 1.06. The SMILES string of the molecule is Cc1ccc(C)c2c1CCC2=NN=C(N)N. The Morgan fingerprint density at radius 2 is 1.81 bits per heavy atom. The molecule has 0 unspecified atom stereocenters. The normalized spacial score (nSPS) is 16.2. The van der Waals surface area contributed by atoms with Gasteiger partial charge in [-0.25, -0.2) is 0 Å². The Bertz CT molecular complexity index is 482. The summed E-state index contributed by atoms with van der Waals surface area (Å²) < 4.78 is 0. The van der Waals surface area contributed by atoms with Crippen LogP contribution < -0.4 is 11.5 Å². The lowest BCUT2D eigenvalue weighted by Gasteiger charge is -2.06. The third kappa shape index (κ3) is 1.78. The molecule has 2 rings (SSSR count). The van der Waals surface area contributed by atoms with Gasteiger partial charge in [-0.15, -0.1) is 5.10 Å². The predicted octanol–water partition coefficient (Wildman–Crippen LogP) is 1.23. The second-order valence-corrected chi connectivity index (χ2v) is 4.12. The largest absolute Gasteiger partial charge is 0.369 e. The van der Waals surface area contributed by atoms with Gasteiger partial charge < -0.3 is 11.5 Å². The van der Waals surface area contributed by atoms with Crippen LogP contribution in [0.5, 0.6) is 0 Å². The van der Waals surface area contributed by atoms with Crippen LogP contribution in [0.3, 0.4) is 0 Å². The van der Waals surface area contributed by atoms with E-state index in [1.807, 2.05) is 0 Å². The first-order chi connectivity index (χ1) is 7.59. The smallest absolute Gasteiger partial charge is 0.211 e. The number of aryl methyl sites for hydroxylation is 2. The van der Waals surface area contributed by atoms with E-state index in [0.29, 0.717) is 0 Å². The minimum absolute atomic E-state index is 0.00579. The van der Waals surface area contributed by atoms with Gasteiger partial charge in [0.1, 0.15) is 0 Å². The van der Waals surface area contributed by atoms with Gasteiger partial charge in [0, 0.05) is 5.56 Å². The summed E-state index contributed by atoms with van der Waals surface area (Å²) in [6.45, 7) is 4.22. The van der Waals surface area contributed by atoms with Crippen LogP contribution >= 0.6 is 0 Å². The van der Waals surface area contributed by atoms with E-state index < -0.39 is 0 Å². The van der Waals surface area contributed by atoms with Gasteiger partial charge in [-0.05, 0) is 43.4 Å². The van der Waals surface area contributed by atoms with Crippen molar-refractivity contribution in [3.8, 4) is 0 Å². The number of rotatable bonds is 1. The molecule has 4 heteroatoms. The van der Waals surface area contributed by atoms with Crippen molar-refractivity contribution in [2.75, 3.05) is 0 Å². The topological polar surface area (TPSA) is 76.8 Å². The van der Waals surface area contributed by atoms with E-state index in [1.54, 1.807) is 0 Å². The van der Waals surface area contributed by atoms with Gasteiger partial charge in [0.15, 0.2) is 0 Å². The van der Waals surface area contributed by atoms with Crippen molar-refractivity contribution in [3.05, 3.63) is 34.4 Å². The summed E-state index contributed by atoms with van der Waals surface area (Å²) >= 11 is 0. The maximum Gasteiger partial charge on any atom is 0.211 e. The first-order valence-corrected chi connectivity index (χ1v) is 5.34. The van der Waals surface area contributed by atoms with E-state index in [2.05, 4.69) is 36.2 Å². The molecule has 0 bridgehead atoms. The van der Waals surface area contributed by atoms with Gasteiger partial charge in [0.2, 0.25) is 5.96 Å². The highest BCUT2D eigenvalue weighted by Crippen LogP contribution is 2.28. The third-order valence-electron chi connectivity index (χ3n) is 2.94. The highest BCUT2D eigenvalue weighted by Gasteiger charge is 2.21. The zero-order valence-corrected chi connectivity index (χ0v) is 9.62. The van der Waals surface area contributed by atoms with Gasteiger partial charge in [0.05, 0.1) is 5.71 Å². The number of fused-ring (bicyclic) bond motifs is 1. The van der Waals surface area contributed by atoms with Gasteiger partial charge in [0.25, 0.3) is 0 Å².